The topological polar surface area (TPSA) is 44.3 Å². The van der Waals surface area contributed by atoms with Crippen LogP contribution in [-0.4, -0.2) is 55.6 Å². The van der Waals surface area contributed by atoms with E-state index in [1.165, 1.54) is 0 Å². The minimum Gasteiger partial charge on any atom is -0.373 e. The number of anilines is 2. The van der Waals surface area contributed by atoms with Gasteiger partial charge in [-0.1, -0.05) is 13.8 Å². The highest BCUT2D eigenvalue weighted by Gasteiger charge is 2.15. The molecule has 1 N–H and O–H groups in total. The third-order valence-corrected chi connectivity index (χ3v) is 3.49. The molecule has 0 aromatic carbocycles. The van der Waals surface area contributed by atoms with Crippen molar-refractivity contribution in [2.75, 3.05) is 51.0 Å². The van der Waals surface area contributed by atoms with Crippen molar-refractivity contribution in [3.63, 3.8) is 0 Å². The summed E-state index contributed by atoms with van der Waals surface area (Å²) in [6.07, 6.45) is 3.11. The molecule has 0 spiro atoms. The number of aryl methyl sites for hydroxylation is 1. The van der Waals surface area contributed by atoms with E-state index in [4.69, 9.17) is 4.98 Å². The fourth-order valence-electron chi connectivity index (χ4n) is 2.35. The fourth-order valence-corrected chi connectivity index (χ4v) is 2.35. The van der Waals surface area contributed by atoms with Gasteiger partial charge in [0.05, 0.1) is 0 Å². The van der Waals surface area contributed by atoms with E-state index in [-0.39, 0.29) is 0 Å². The van der Waals surface area contributed by atoms with E-state index in [0.29, 0.717) is 0 Å². The molecule has 1 aromatic heterocycles. The van der Waals surface area contributed by atoms with Crippen LogP contribution in [0.5, 0.6) is 0 Å². The molecule has 0 aliphatic heterocycles. The first-order valence-corrected chi connectivity index (χ1v) is 7.98. The van der Waals surface area contributed by atoms with Crippen LogP contribution in [0.25, 0.3) is 0 Å². The van der Waals surface area contributed by atoms with E-state index in [9.17, 15) is 0 Å². The zero-order valence-electron chi connectivity index (χ0n) is 14.5. The van der Waals surface area contributed by atoms with Crippen LogP contribution in [0.1, 0.15) is 38.1 Å². The van der Waals surface area contributed by atoms with E-state index >= 15 is 0 Å². The van der Waals surface area contributed by atoms with E-state index in [0.717, 1.165) is 61.9 Å². The van der Waals surface area contributed by atoms with Crippen molar-refractivity contribution in [1.29, 1.82) is 0 Å². The summed E-state index contributed by atoms with van der Waals surface area (Å²) in [5.41, 5.74) is 1.14. The Labute approximate surface area is 129 Å². The van der Waals surface area contributed by atoms with Crippen LogP contribution in [0.2, 0.25) is 0 Å². The smallest absolute Gasteiger partial charge is 0.137 e. The molecule has 5 nitrogen and oxygen atoms in total. The van der Waals surface area contributed by atoms with Gasteiger partial charge in [0.25, 0.3) is 0 Å². The molecule has 0 saturated carbocycles. The van der Waals surface area contributed by atoms with Crippen molar-refractivity contribution in [2.24, 2.45) is 0 Å². The predicted molar refractivity (Wildman–Crippen MR) is 91.4 cm³/mol. The van der Waals surface area contributed by atoms with Gasteiger partial charge in [-0.2, -0.15) is 0 Å². The molecule has 0 unspecified atom stereocenters. The van der Waals surface area contributed by atoms with E-state index in [1.54, 1.807) is 0 Å². The lowest BCUT2D eigenvalue weighted by molar-refractivity contribution is 0.412. The molecular weight excluding hydrogens is 262 g/mol. The highest BCUT2D eigenvalue weighted by atomic mass is 15.2. The molecule has 5 heteroatoms. The Morgan fingerprint density at radius 1 is 1.00 bits per heavy atom. The molecule has 1 aromatic rings. The molecule has 1 rings (SSSR count). The van der Waals surface area contributed by atoms with Gasteiger partial charge in [-0.3, -0.25) is 0 Å². The Hall–Kier alpha value is -1.36. The first-order valence-electron chi connectivity index (χ1n) is 7.98. The Balaban J connectivity index is 3.11. The SMILES string of the molecule is CCCc1nc(NC)c(C)c(N(CCC)CCN(C)C)n1. The molecule has 0 radical (unpaired) electrons. The molecule has 0 aliphatic carbocycles. The van der Waals surface area contributed by atoms with Crippen molar-refractivity contribution in [2.45, 2.75) is 40.0 Å². The largest absolute Gasteiger partial charge is 0.373 e. The van der Waals surface area contributed by atoms with Gasteiger partial charge < -0.3 is 15.1 Å². The standard InChI is InChI=1S/C16H31N5/c1-7-9-14-18-15(17-4)13(3)16(19-14)21(10-8-2)12-11-20(5)6/h7-12H2,1-6H3,(H,17,18,19). The second-order valence-corrected chi connectivity index (χ2v) is 5.73. The summed E-state index contributed by atoms with van der Waals surface area (Å²) < 4.78 is 0. The van der Waals surface area contributed by atoms with Crippen LogP contribution < -0.4 is 10.2 Å². The van der Waals surface area contributed by atoms with Crippen LogP contribution in [0.4, 0.5) is 11.6 Å². The minimum atomic E-state index is 0.926. The highest BCUT2D eigenvalue weighted by molar-refractivity contribution is 5.58. The predicted octanol–water partition coefficient (Wildman–Crippen LogP) is 2.56. The van der Waals surface area contributed by atoms with Crippen LogP contribution in [-0.2, 0) is 6.42 Å². The monoisotopic (exact) mass is 293 g/mol. The van der Waals surface area contributed by atoms with Gasteiger partial charge in [-0.15, -0.1) is 0 Å². The number of aromatic nitrogens is 2. The van der Waals surface area contributed by atoms with Gasteiger partial charge in [0, 0.05) is 38.7 Å². The number of rotatable bonds is 9. The molecule has 1 heterocycles. The summed E-state index contributed by atoms with van der Waals surface area (Å²) >= 11 is 0. The molecule has 120 valence electrons. The van der Waals surface area contributed by atoms with Gasteiger partial charge in [0.1, 0.15) is 17.5 Å². The van der Waals surface area contributed by atoms with E-state index in [2.05, 4.69) is 55.0 Å². The van der Waals surface area contributed by atoms with Crippen LogP contribution >= 0.6 is 0 Å². The maximum Gasteiger partial charge on any atom is 0.137 e. The minimum absolute atomic E-state index is 0.926. The molecule has 0 saturated heterocycles. The quantitative estimate of drug-likeness (QED) is 0.758. The molecular formula is C16H31N5. The van der Waals surface area contributed by atoms with Crippen LogP contribution in [0.15, 0.2) is 0 Å². The van der Waals surface area contributed by atoms with Gasteiger partial charge in [0.2, 0.25) is 0 Å². The van der Waals surface area contributed by atoms with Crippen LogP contribution in [0.3, 0.4) is 0 Å². The number of nitrogens with zero attached hydrogens (tertiary/aromatic N) is 4. The van der Waals surface area contributed by atoms with Crippen molar-refractivity contribution in [3.05, 3.63) is 11.4 Å². The Morgan fingerprint density at radius 3 is 2.24 bits per heavy atom. The highest BCUT2D eigenvalue weighted by Crippen LogP contribution is 2.24. The lowest BCUT2D eigenvalue weighted by Crippen LogP contribution is -2.34. The maximum atomic E-state index is 4.82. The van der Waals surface area contributed by atoms with Gasteiger partial charge in [-0.25, -0.2) is 9.97 Å². The van der Waals surface area contributed by atoms with Crippen molar-refractivity contribution >= 4 is 11.6 Å². The zero-order chi connectivity index (χ0) is 15.8. The molecule has 0 bridgehead atoms. The molecule has 0 fully saturated rings. The first-order chi connectivity index (χ1) is 10.0. The second kappa shape index (κ2) is 8.82. The maximum absolute atomic E-state index is 4.82. The molecule has 0 atom stereocenters. The lowest BCUT2D eigenvalue weighted by atomic mass is 10.2. The second-order valence-electron chi connectivity index (χ2n) is 5.73. The summed E-state index contributed by atoms with van der Waals surface area (Å²) in [6, 6.07) is 0. The van der Waals surface area contributed by atoms with Crippen molar-refractivity contribution in [3.8, 4) is 0 Å². The summed E-state index contributed by atoms with van der Waals surface area (Å²) in [6.45, 7) is 9.54. The van der Waals surface area contributed by atoms with E-state index < -0.39 is 0 Å². The van der Waals surface area contributed by atoms with Gasteiger partial charge in [-0.05, 0) is 33.9 Å². The summed E-state index contributed by atoms with van der Waals surface area (Å²) in [7, 11) is 6.15. The lowest BCUT2D eigenvalue weighted by Gasteiger charge is -2.27. The average molecular weight is 293 g/mol. The molecule has 0 aliphatic rings. The summed E-state index contributed by atoms with van der Waals surface area (Å²) in [5, 5.41) is 3.21. The summed E-state index contributed by atoms with van der Waals surface area (Å²) in [4.78, 5) is 14.0. The van der Waals surface area contributed by atoms with E-state index in [1.807, 2.05) is 7.05 Å². The Kier molecular flexibility index (Phi) is 7.43. The third kappa shape index (κ3) is 5.16. The first kappa shape index (κ1) is 17.7. The van der Waals surface area contributed by atoms with Gasteiger partial charge >= 0.3 is 0 Å². The average Bonchev–Trinajstić information content (AvgIpc) is 2.45. The fraction of sp³-hybridized carbons (Fsp3) is 0.750. The Bertz CT molecular complexity index is 431. The van der Waals surface area contributed by atoms with Gasteiger partial charge in [0.15, 0.2) is 0 Å². The summed E-state index contributed by atoms with van der Waals surface area (Å²) in [5.74, 6) is 2.98. The number of hydrogen-bond donors (Lipinski definition) is 1. The third-order valence-electron chi connectivity index (χ3n) is 3.49. The molecule has 21 heavy (non-hydrogen) atoms. The number of hydrogen-bond acceptors (Lipinski definition) is 5. The Morgan fingerprint density at radius 2 is 1.71 bits per heavy atom. The zero-order valence-corrected chi connectivity index (χ0v) is 14.5. The normalized spacial score (nSPS) is 11.0. The van der Waals surface area contributed by atoms with Crippen molar-refractivity contribution < 1.29 is 0 Å². The van der Waals surface area contributed by atoms with Crippen LogP contribution in [0, 0.1) is 6.92 Å². The number of likely N-dealkylation sites (N-methyl/N-ethyl adjacent to an activating group) is 1. The molecule has 0 amide bonds. The van der Waals surface area contributed by atoms with Crippen molar-refractivity contribution in [1.82, 2.24) is 14.9 Å². The number of nitrogens with one attached hydrogen (secondary N) is 1.